The quantitative estimate of drug-likeness (QED) is 0.0256. The van der Waals surface area contributed by atoms with E-state index in [0.29, 0.717) is 17.4 Å². The van der Waals surface area contributed by atoms with Crippen molar-refractivity contribution < 1.29 is 42.9 Å². The van der Waals surface area contributed by atoms with Gasteiger partial charge < -0.3 is 33.3 Å². The number of rotatable bonds is 70. The van der Waals surface area contributed by atoms with Gasteiger partial charge in [0.2, 0.25) is 0 Å². The predicted molar refractivity (Wildman–Crippen MR) is 348 cm³/mol. The third-order valence-electron chi connectivity index (χ3n) is 17.1. The van der Waals surface area contributed by atoms with E-state index in [4.69, 9.17) is 18.9 Å². The lowest BCUT2D eigenvalue weighted by Crippen LogP contribution is -2.44. The van der Waals surface area contributed by atoms with Gasteiger partial charge in [-0.3, -0.25) is 9.59 Å². The summed E-state index contributed by atoms with van der Waals surface area (Å²) in [5, 5.41) is 11.8. The van der Waals surface area contributed by atoms with Gasteiger partial charge >= 0.3 is 11.9 Å². The van der Waals surface area contributed by atoms with Crippen LogP contribution in [-0.4, -0.2) is 82.3 Å². The Hall–Kier alpha value is -1.71. The van der Waals surface area contributed by atoms with Gasteiger partial charge in [-0.1, -0.05) is 367 Å². The summed E-state index contributed by atoms with van der Waals surface area (Å²) < 4.78 is 22.8. The van der Waals surface area contributed by atoms with Gasteiger partial charge in [0.15, 0.2) is 12.4 Å². The summed E-state index contributed by atoms with van der Waals surface area (Å²) in [5.41, 5.74) is 0. The molecule has 0 spiro atoms. The van der Waals surface area contributed by atoms with Crippen LogP contribution in [0.15, 0.2) is 0 Å². The lowest BCUT2D eigenvalue weighted by Gasteiger charge is -2.26. The molecule has 0 aromatic heterocycles. The van der Waals surface area contributed by atoms with Crippen LogP contribution in [0.3, 0.4) is 0 Å². The van der Waals surface area contributed by atoms with Crippen LogP contribution in [0.4, 0.5) is 0 Å². The summed E-state index contributed by atoms with van der Waals surface area (Å²) in [6.07, 6.45) is 75.1. The summed E-state index contributed by atoms with van der Waals surface area (Å²) in [4.78, 5) is 37.4. The molecule has 0 saturated heterocycles. The first-order valence-corrected chi connectivity index (χ1v) is 36.7. The second-order valence-corrected chi connectivity index (χ2v) is 26.6. The Morgan fingerprint density at radius 3 is 0.780 bits per heavy atom. The Morgan fingerprint density at radius 2 is 0.549 bits per heavy atom. The van der Waals surface area contributed by atoms with Crippen molar-refractivity contribution in [1.29, 1.82) is 0 Å². The Kier molecular flexibility index (Phi) is 63.9. The highest BCUT2D eigenvalue weighted by atomic mass is 16.7. The van der Waals surface area contributed by atoms with Gasteiger partial charge in [0, 0.05) is 12.8 Å². The van der Waals surface area contributed by atoms with Crippen molar-refractivity contribution in [2.45, 2.75) is 405 Å². The van der Waals surface area contributed by atoms with Crippen molar-refractivity contribution >= 4 is 17.9 Å². The Morgan fingerprint density at radius 1 is 0.317 bits per heavy atom. The second kappa shape index (κ2) is 65.3. The molecule has 0 bridgehead atoms. The van der Waals surface area contributed by atoms with Crippen molar-refractivity contribution in [2.75, 3.05) is 47.5 Å². The minimum Gasteiger partial charge on any atom is -0.545 e. The number of hydrogen-bond donors (Lipinski definition) is 0. The summed E-state index contributed by atoms with van der Waals surface area (Å²) in [5.74, 6) is -2.24. The van der Waals surface area contributed by atoms with Gasteiger partial charge in [-0.2, -0.15) is 0 Å². The fourth-order valence-electron chi connectivity index (χ4n) is 11.5. The van der Waals surface area contributed by atoms with Crippen LogP contribution in [-0.2, 0) is 33.3 Å². The molecule has 0 aliphatic carbocycles. The molecule has 0 rings (SSSR count). The van der Waals surface area contributed by atoms with E-state index in [-0.39, 0.29) is 32.2 Å². The number of nitrogens with zero attached hydrogens (tertiary/aromatic N) is 1. The molecule has 0 N–H and O–H groups in total. The van der Waals surface area contributed by atoms with Crippen LogP contribution in [0.5, 0.6) is 0 Å². The summed E-state index contributed by atoms with van der Waals surface area (Å²) in [7, 11) is 5.95. The zero-order valence-electron chi connectivity index (χ0n) is 55.9. The molecule has 0 amide bonds. The number of quaternary nitrogens is 1. The van der Waals surface area contributed by atoms with Gasteiger partial charge in [0.1, 0.15) is 13.2 Å². The predicted octanol–water partition coefficient (Wildman–Crippen LogP) is 21.3. The smallest absolute Gasteiger partial charge is 0.306 e. The minimum atomic E-state index is -1.62. The van der Waals surface area contributed by atoms with Crippen molar-refractivity contribution in [2.24, 2.45) is 0 Å². The molecule has 0 heterocycles. The van der Waals surface area contributed by atoms with Gasteiger partial charge in [-0.15, -0.1) is 0 Å². The number of carboxylic acids is 1. The van der Waals surface area contributed by atoms with Crippen molar-refractivity contribution in [3.05, 3.63) is 0 Å². The summed E-state index contributed by atoms with van der Waals surface area (Å²) in [6.45, 7) is 4.84. The maximum atomic E-state index is 12.9. The molecule has 82 heavy (non-hydrogen) atoms. The molecule has 0 radical (unpaired) electrons. The number of unbranched alkanes of at least 4 members (excludes halogenated alkanes) is 55. The van der Waals surface area contributed by atoms with E-state index in [1.54, 1.807) is 0 Å². The van der Waals surface area contributed by atoms with Gasteiger partial charge in [-0.25, -0.2) is 0 Å². The SMILES string of the molecule is CCCCCCCCCCCCCCCCCCCCCCCCCCCCCCCCCCCCCCCCCC(=O)OC(COC(=O)CCCCCCCCCCCCCCCCCCCC)COC(OCC[N+](C)(C)C)C(=O)[O-]. The van der Waals surface area contributed by atoms with E-state index in [0.717, 1.165) is 38.5 Å². The molecule has 9 nitrogen and oxygen atoms in total. The maximum absolute atomic E-state index is 12.9. The third-order valence-corrected chi connectivity index (χ3v) is 17.1. The molecule has 0 aliphatic rings. The number of aliphatic carboxylic acids is 1. The number of carbonyl (C=O) groups excluding carboxylic acids is 3. The fraction of sp³-hybridized carbons (Fsp3) is 0.959. The van der Waals surface area contributed by atoms with Crippen LogP contribution in [0, 0.1) is 0 Å². The molecule has 0 saturated carbocycles. The average Bonchev–Trinajstić information content (AvgIpc) is 3.45. The molecular formula is C73H143NO8. The molecule has 2 atom stereocenters. The highest BCUT2D eigenvalue weighted by molar-refractivity contribution is 5.70. The van der Waals surface area contributed by atoms with Crippen molar-refractivity contribution in [1.82, 2.24) is 0 Å². The summed E-state index contributed by atoms with van der Waals surface area (Å²) in [6, 6.07) is 0. The molecule has 0 aromatic rings. The standard InChI is InChI=1S/C73H143NO8/c1-6-8-10-12-14-16-18-20-22-24-26-27-28-29-30-31-32-33-34-35-36-37-38-39-40-41-42-43-44-45-46-48-50-52-54-56-58-60-62-64-71(76)82-69(68-81-73(72(77)78)79-66-65-74(3,4)5)67-80-70(75)63-61-59-57-55-53-51-49-47-25-23-21-19-17-15-13-11-9-7-2/h69,73H,6-68H2,1-5H3. The first kappa shape index (κ1) is 80.3. The van der Waals surface area contributed by atoms with E-state index in [2.05, 4.69) is 13.8 Å². The van der Waals surface area contributed by atoms with E-state index in [1.807, 2.05) is 21.1 Å². The maximum Gasteiger partial charge on any atom is 0.306 e. The fourth-order valence-corrected chi connectivity index (χ4v) is 11.5. The van der Waals surface area contributed by atoms with Crippen LogP contribution in [0.25, 0.3) is 0 Å². The molecule has 0 aliphatic heterocycles. The molecule has 488 valence electrons. The minimum absolute atomic E-state index is 0.154. The van der Waals surface area contributed by atoms with Crippen molar-refractivity contribution in [3.63, 3.8) is 0 Å². The highest BCUT2D eigenvalue weighted by Gasteiger charge is 2.22. The Labute approximate surface area is 511 Å². The first-order valence-electron chi connectivity index (χ1n) is 36.7. The number of carbonyl (C=O) groups is 3. The van der Waals surface area contributed by atoms with E-state index in [1.165, 1.54) is 327 Å². The monoisotopic (exact) mass is 1160 g/mol. The van der Waals surface area contributed by atoms with Crippen LogP contribution < -0.4 is 5.11 Å². The number of likely N-dealkylation sites (N-methyl/N-ethyl adjacent to an activating group) is 1. The van der Waals surface area contributed by atoms with Crippen LogP contribution in [0.1, 0.15) is 393 Å². The normalized spacial score (nSPS) is 12.5. The Balaban J connectivity index is 3.90. The molecular weight excluding hydrogens is 1020 g/mol. The second-order valence-electron chi connectivity index (χ2n) is 26.6. The average molecular weight is 1160 g/mol. The Bertz CT molecular complexity index is 1300. The third kappa shape index (κ3) is 65.8. The van der Waals surface area contributed by atoms with Gasteiger partial charge in [0.25, 0.3) is 0 Å². The lowest BCUT2D eigenvalue weighted by atomic mass is 10.0. The number of hydrogen-bond acceptors (Lipinski definition) is 8. The molecule has 0 fully saturated rings. The largest absolute Gasteiger partial charge is 0.545 e. The zero-order chi connectivity index (χ0) is 59.8. The molecule has 0 aromatic carbocycles. The van der Waals surface area contributed by atoms with E-state index >= 15 is 0 Å². The first-order chi connectivity index (χ1) is 40.1. The van der Waals surface area contributed by atoms with Crippen molar-refractivity contribution in [3.8, 4) is 0 Å². The van der Waals surface area contributed by atoms with E-state index in [9.17, 15) is 19.5 Å². The van der Waals surface area contributed by atoms with Crippen LogP contribution in [0.2, 0.25) is 0 Å². The van der Waals surface area contributed by atoms with Crippen LogP contribution >= 0.6 is 0 Å². The topological polar surface area (TPSA) is 111 Å². The molecule has 2 unspecified atom stereocenters. The number of esters is 2. The van der Waals surface area contributed by atoms with E-state index < -0.39 is 24.3 Å². The summed E-state index contributed by atoms with van der Waals surface area (Å²) >= 11 is 0. The zero-order valence-corrected chi connectivity index (χ0v) is 55.9. The highest BCUT2D eigenvalue weighted by Crippen LogP contribution is 2.20. The number of carboxylic acid groups (broad SMARTS) is 1. The van der Waals surface area contributed by atoms with Gasteiger partial charge in [0.05, 0.1) is 40.3 Å². The number of ether oxygens (including phenoxy) is 4. The molecule has 9 heteroatoms. The van der Waals surface area contributed by atoms with Gasteiger partial charge in [-0.05, 0) is 12.8 Å². The lowest BCUT2D eigenvalue weighted by molar-refractivity contribution is -0.870.